The molecular weight excluding hydrogens is 234 g/mol. The maximum Gasteiger partial charge on any atom is 0.326 e. The van der Waals surface area contributed by atoms with E-state index in [1.165, 1.54) is 6.92 Å². The first-order valence-electron chi connectivity index (χ1n) is 4.55. The normalized spacial score (nSPS) is 13.2. The third-order valence-corrected chi connectivity index (χ3v) is 1.75. The zero-order valence-corrected chi connectivity index (χ0v) is 8.97. The van der Waals surface area contributed by atoms with Crippen LogP contribution in [0.4, 0.5) is 4.79 Å². The number of carboxylic acids is 2. The van der Waals surface area contributed by atoms with Gasteiger partial charge >= 0.3 is 18.0 Å². The Labute approximate surface area is 96.0 Å². The van der Waals surface area contributed by atoms with Crippen molar-refractivity contribution in [3.05, 3.63) is 0 Å². The lowest BCUT2D eigenvalue weighted by Crippen LogP contribution is -2.51. The Morgan fingerprint density at radius 2 is 1.71 bits per heavy atom. The van der Waals surface area contributed by atoms with E-state index in [0.717, 1.165) is 0 Å². The molecule has 0 aliphatic rings. The summed E-state index contributed by atoms with van der Waals surface area (Å²) in [6.45, 7) is 1.28. The first-order valence-corrected chi connectivity index (χ1v) is 4.55. The van der Waals surface area contributed by atoms with E-state index >= 15 is 0 Å². The minimum Gasteiger partial charge on any atom is -0.481 e. The van der Waals surface area contributed by atoms with Gasteiger partial charge in [0.2, 0.25) is 5.91 Å². The van der Waals surface area contributed by atoms with Crippen molar-refractivity contribution < 1.29 is 29.4 Å². The number of nitrogens with one attached hydrogen (secondary N) is 2. The summed E-state index contributed by atoms with van der Waals surface area (Å²) in [4.78, 5) is 42.7. The molecule has 0 saturated heterocycles. The van der Waals surface area contributed by atoms with Gasteiger partial charge in [-0.1, -0.05) is 0 Å². The summed E-state index contributed by atoms with van der Waals surface area (Å²) in [6.07, 6.45) is -0.760. The zero-order valence-electron chi connectivity index (χ0n) is 8.97. The van der Waals surface area contributed by atoms with Crippen LogP contribution in [0.3, 0.4) is 0 Å². The lowest BCUT2D eigenvalue weighted by atomic mass is 10.2. The number of aliphatic carboxylic acids is 2. The van der Waals surface area contributed by atoms with Crippen molar-refractivity contribution >= 4 is 23.9 Å². The highest BCUT2D eigenvalue weighted by Crippen LogP contribution is 1.94. The average Bonchev–Trinajstić information content (AvgIpc) is 2.14. The fourth-order valence-electron chi connectivity index (χ4n) is 0.950. The Balaban J connectivity index is 4.44. The van der Waals surface area contributed by atoms with Crippen molar-refractivity contribution in [1.82, 2.24) is 10.6 Å². The third kappa shape index (κ3) is 5.97. The minimum atomic E-state index is -1.56. The number of carboxylic acid groups (broad SMARTS) is 2. The number of hydrogen-bond donors (Lipinski definition) is 5. The lowest BCUT2D eigenvalue weighted by Gasteiger charge is -2.16. The van der Waals surface area contributed by atoms with Gasteiger partial charge in [0.1, 0.15) is 12.1 Å². The SMILES string of the molecule is CC(NC(N)=O)C(=O)NC(CC(=O)O)C(=O)O. The summed E-state index contributed by atoms with van der Waals surface area (Å²) in [7, 11) is 0. The van der Waals surface area contributed by atoms with Crippen LogP contribution in [0.1, 0.15) is 13.3 Å². The summed E-state index contributed by atoms with van der Waals surface area (Å²) in [5, 5.41) is 21.1. The van der Waals surface area contributed by atoms with Gasteiger partial charge in [0.25, 0.3) is 0 Å². The monoisotopic (exact) mass is 247 g/mol. The number of amides is 3. The average molecular weight is 247 g/mol. The Bertz CT molecular complexity index is 342. The summed E-state index contributed by atoms with van der Waals surface area (Å²) in [6, 6.07) is -3.56. The first-order chi connectivity index (χ1) is 7.73. The number of urea groups is 1. The molecule has 0 aromatic heterocycles. The van der Waals surface area contributed by atoms with Gasteiger partial charge in [-0.25, -0.2) is 9.59 Å². The molecule has 0 aliphatic carbocycles. The van der Waals surface area contributed by atoms with E-state index in [0.29, 0.717) is 0 Å². The van der Waals surface area contributed by atoms with E-state index in [2.05, 4.69) is 0 Å². The highest BCUT2D eigenvalue weighted by atomic mass is 16.4. The molecule has 0 saturated carbocycles. The zero-order chi connectivity index (χ0) is 13.6. The van der Waals surface area contributed by atoms with Crippen molar-refractivity contribution in [2.45, 2.75) is 25.4 Å². The van der Waals surface area contributed by atoms with Gasteiger partial charge in [-0.05, 0) is 6.92 Å². The van der Waals surface area contributed by atoms with E-state index < -0.39 is 42.4 Å². The lowest BCUT2D eigenvalue weighted by molar-refractivity contribution is -0.147. The van der Waals surface area contributed by atoms with E-state index in [1.807, 2.05) is 10.6 Å². The van der Waals surface area contributed by atoms with Crippen LogP contribution in [0.25, 0.3) is 0 Å². The molecule has 9 nitrogen and oxygen atoms in total. The Morgan fingerprint density at radius 3 is 2.06 bits per heavy atom. The summed E-state index contributed by atoms with van der Waals surface area (Å²) >= 11 is 0. The number of nitrogens with two attached hydrogens (primary N) is 1. The van der Waals surface area contributed by atoms with Gasteiger partial charge in [-0.2, -0.15) is 0 Å². The van der Waals surface area contributed by atoms with Gasteiger partial charge in [0.05, 0.1) is 6.42 Å². The molecular formula is C8H13N3O6. The molecule has 0 spiro atoms. The number of hydrogen-bond acceptors (Lipinski definition) is 4. The maximum absolute atomic E-state index is 11.3. The molecule has 9 heteroatoms. The van der Waals surface area contributed by atoms with E-state index in [1.54, 1.807) is 0 Å². The predicted octanol–water partition coefficient (Wildman–Crippen LogP) is -1.91. The molecule has 0 heterocycles. The second-order valence-corrected chi connectivity index (χ2v) is 3.23. The maximum atomic E-state index is 11.3. The molecule has 2 atom stereocenters. The van der Waals surface area contributed by atoms with Crippen LogP contribution in [-0.4, -0.2) is 46.2 Å². The second-order valence-electron chi connectivity index (χ2n) is 3.23. The summed E-state index contributed by atoms with van der Waals surface area (Å²) in [5.74, 6) is -3.68. The van der Waals surface area contributed by atoms with Crippen LogP contribution in [0.2, 0.25) is 0 Å². The van der Waals surface area contributed by atoms with Gasteiger partial charge in [-0.15, -0.1) is 0 Å². The molecule has 0 aromatic carbocycles. The Kier molecular flexibility index (Phi) is 5.44. The van der Waals surface area contributed by atoms with Crippen molar-refractivity contribution in [3.8, 4) is 0 Å². The highest BCUT2D eigenvalue weighted by Gasteiger charge is 2.25. The fraction of sp³-hybridized carbons (Fsp3) is 0.500. The second kappa shape index (κ2) is 6.30. The summed E-state index contributed by atoms with van der Waals surface area (Å²) in [5.41, 5.74) is 4.76. The minimum absolute atomic E-state index is 0.760. The molecule has 3 amide bonds. The molecule has 0 aliphatic heterocycles. The largest absolute Gasteiger partial charge is 0.481 e. The Morgan fingerprint density at radius 1 is 1.18 bits per heavy atom. The predicted molar refractivity (Wildman–Crippen MR) is 54.0 cm³/mol. The smallest absolute Gasteiger partial charge is 0.326 e. The van der Waals surface area contributed by atoms with E-state index in [-0.39, 0.29) is 0 Å². The van der Waals surface area contributed by atoms with Crippen LogP contribution in [0.15, 0.2) is 0 Å². The third-order valence-electron chi connectivity index (χ3n) is 1.75. The van der Waals surface area contributed by atoms with Crippen molar-refractivity contribution in [2.24, 2.45) is 5.73 Å². The topological polar surface area (TPSA) is 159 Å². The summed E-state index contributed by atoms with van der Waals surface area (Å²) < 4.78 is 0. The number of primary amides is 1. The van der Waals surface area contributed by atoms with Crippen LogP contribution in [0.5, 0.6) is 0 Å². The molecule has 0 radical (unpaired) electrons. The molecule has 0 bridgehead atoms. The number of carbonyl (C=O) groups excluding carboxylic acids is 2. The van der Waals surface area contributed by atoms with Crippen LogP contribution in [-0.2, 0) is 14.4 Å². The molecule has 96 valence electrons. The molecule has 0 rings (SSSR count). The van der Waals surface area contributed by atoms with Crippen LogP contribution in [0, 0.1) is 0 Å². The van der Waals surface area contributed by atoms with Gasteiger partial charge in [0, 0.05) is 0 Å². The van der Waals surface area contributed by atoms with Crippen LogP contribution >= 0.6 is 0 Å². The van der Waals surface area contributed by atoms with Crippen molar-refractivity contribution in [1.29, 1.82) is 0 Å². The molecule has 2 unspecified atom stereocenters. The standard InChI is InChI=1S/C8H13N3O6/c1-3(10-8(9)17)6(14)11-4(7(15)16)2-5(12)13/h3-4H,2H2,1H3,(H,11,14)(H,12,13)(H,15,16)(H3,9,10,17). The number of carbonyl (C=O) groups is 4. The fourth-order valence-corrected chi connectivity index (χ4v) is 0.950. The highest BCUT2D eigenvalue weighted by molar-refractivity contribution is 5.90. The van der Waals surface area contributed by atoms with Crippen LogP contribution < -0.4 is 16.4 Å². The van der Waals surface area contributed by atoms with Crippen molar-refractivity contribution in [2.75, 3.05) is 0 Å². The molecule has 6 N–H and O–H groups in total. The first kappa shape index (κ1) is 14.7. The van der Waals surface area contributed by atoms with E-state index in [9.17, 15) is 19.2 Å². The van der Waals surface area contributed by atoms with Gasteiger partial charge < -0.3 is 26.6 Å². The molecule has 0 aromatic rings. The Hall–Kier alpha value is -2.32. The number of rotatable bonds is 6. The van der Waals surface area contributed by atoms with Crippen molar-refractivity contribution in [3.63, 3.8) is 0 Å². The molecule has 17 heavy (non-hydrogen) atoms. The van der Waals surface area contributed by atoms with Gasteiger partial charge in [0.15, 0.2) is 0 Å². The van der Waals surface area contributed by atoms with E-state index in [4.69, 9.17) is 15.9 Å². The quantitative estimate of drug-likeness (QED) is 0.368. The molecule has 0 fully saturated rings. The van der Waals surface area contributed by atoms with Gasteiger partial charge in [-0.3, -0.25) is 9.59 Å².